The molecule has 0 radical (unpaired) electrons. The lowest BCUT2D eigenvalue weighted by Gasteiger charge is -2.32. The van der Waals surface area contributed by atoms with Crippen LogP contribution in [0.5, 0.6) is 0 Å². The lowest BCUT2D eigenvalue weighted by molar-refractivity contribution is -0.140. The number of fused-ring (bicyclic) bond motifs is 1. The van der Waals surface area contributed by atoms with Crippen molar-refractivity contribution in [2.45, 2.75) is 52.3 Å². The van der Waals surface area contributed by atoms with Crippen LogP contribution in [0.2, 0.25) is 5.02 Å². The second kappa shape index (κ2) is 10.8. The number of hydrogen-bond donors (Lipinski definition) is 1. The number of esters is 1. The largest absolute Gasteiger partial charge is 0.469 e. The third-order valence-electron chi connectivity index (χ3n) is 5.33. The Morgan fingerprint density at radius 3 is 2.26 bits per heavy atom. The number of halogens is 1. The normalized spacial score (nSPS) is 12.2. The molecule has 0 aliphatic rings. The molecule has 0 fully saturated rings. The van der Waals surface area contributed by atoms with Crippen LogP contribution in [0.15, 0.2) is 60.7 Å². The van der Waals surface area contributed by atoms with E-state index in [1.165, 1.54) is 7.11 Å². The molecule has 0 spiro atoms. The molecule has 3 aromatic carbocycles. The van der Waals surface area contributed by atoms with Gasteiger partial charge in [-0.25, -0.2) is 4.79 Å². The zero-order valence-corrected chi connectivity index (χ0v) is 21.0. The summed E-state index contributed by atoms with van der Waals surface area (Å²) in [4.78, 5) is 26.7. The van der Waals surface area contributed by atoms with E-state index in [9.17, 15) is 9.59 Å². The number of rotatable bonds is 7. The molecule has 7 heteroatoms. The minimum absolute atomic E-state index is 0.142. The summed E-state index contributed by atoms with van der Waals surface area (Å²) in [6.07, 6.45) is -0.279. The van der Waals surface area contributed by atoms with Crippen molar-refractivity contribution >= 4 is 45.8 Å². The first-order valence-electron chi connectivity index (χ1n) is 11.2. The van der Waals surface area contributed by atoms with E-state index in [1.54, 1.807) is 0 Å². The van der Waals surface area contributed by atoms with Crippen molar-refractivity contribution in [1.82, 2.24) is 0 Å². The van der Waals surface area contributed by atoms with Crippen molar-refractivity contribution in [2.24, 2.45) is 0 Å². The molecular formula is C27H31ClN2O4. The van der Waals surface area contributed by atoms with Gasteiger partial charge in [0.1, 0.15) is 5.60 Å². The highest BCUT2D eigenvalue weighted by molar-refractivity contribution is 6.30. The van der Waals surface area contributed by atoms with Gasteiger partial charge in [0.25, 0.3) is 0 Å². The second-order valence-electron chi connectivity index (χ2n) is 9.19. The van der Waals surface area contributed by atoms with Crippen molar-refractivity contribution in [3.05, 3.63) is 71.2 Å². The maximum atomic E-state index is 12.4. The van der Waals surface area contributed by atoms with Crippen LogP contribution in [0.25, 0.3) is 10.8 Å². The Balaban J connectivity index is 2.02. The Kier molecular flexibility index (Phi) is 8.05. The SMILES string of the molecule is COC(=O)CC(C)N(Cc1ccc(Cl)cc1)c1ccc(NC(=O)OC(C)(C)C)c2ccccc12. The molecule has 0 aliphatic heterocycles. The molecule has 0 bridgehead atoms. The quantitative estimate of drug-likeness (QED) is 0.375. The van der Waals surface area contributed by atoms with E-state index in [0.29, 0.717) is 17.3 Å². The number of benzene rings is 3. The maximum absolute atomic E-state index is 12.4. The number of carbonyl (C=O) groups is 2. The molecule has 0 heterocycles. The highest BCUT2D eigenvalue weighted by Crippen LogP contribution is 2.35. The van der Waals surface area contributed by atoms with Gasteiger partial charge >= 0.3 is 12.1 Å². The minimum atomic E-state index is -0.599. The number of methoxy groups -OCH3 is 1. The van der Waals surface area contributed by atoms with Gasteiger partial charge in [0, 0.05) is 34.1 Å². The molecule has 34 heavy (non-hydrogen) atoms. The summed E-state index contributed by atoms with van der Waals surface area (Å²) >= 11 is 6.07. The van der Waals surface area contributed by atoms with Crippen LogP contribution in [-0.2, 0) is 20.8 Å². The average Bonchev–Trinajstić information content (AvgIpc) is 2.78. The van der Waals surface area contributed by atoms with Gasteiger partial charge in [-0.15, -0.1) is 0 Å². The van der Waals surface area contributed by atoms with E-state index in [0.717, 1.165) is 22.0 Å². The van der Waals surface area contributed by atoms with E-state index in [2.05, 4.69) is 10.2 Å². The Labute approximate surface area is 205 Å². The Bertz CT molecular complexity index is 1160. The summed E-state index contributed by atoms with van der Waals surface area (Å²) in [5, 5.41) is 5.35. The molecule has 0 aromatic heterocycles. The molecule has 1 atom stereocenters. The molecule has 0 saturated carbocycles. The van der Waals surface area contributed by atoms with Gasteiger partial charge in [-0.05, 0) is 57.5 Å². The molecular weight excluding hydrogens is 452 g/mol. The van der Waals surface area contributed by atoms with E-state index in [1.807, 2.05) is 88.4 Å². The van der Waals surface area contributed by atoms with Gasteiger partial charge in [-0.2, -0.15) is 0 Å². The van der Waals surface area contributed by atoms with Crippen molar-refractivity contribution in [3.8, 4) is 0 Å². The summed E-state index contributed by atoms with van der Waals surface area (Å²) in [6.45, 7) is 8.04. The topological polar surface area (TPSA) is 67.9 Å². The fourth-order valence-electron chi connectivity index (χ4n) is 3.76. The van der Waals surface area contributed by atoms with Crippen molar-refractivity contribution in [3.63, 3.8) is 0 Å². The van der Waals surface area contributed by atoms with Crippen LogP contribution in [0.4, 0.5) is 16.2 Å². The average molecular weight is 483 g/mol. The number of hydrogen-bond acceptors (Lipinski definition) is 5. The van der Waals surface area contributed by atoms with Crippen LogP contribution < -0.4 is 10.2 Å². The number of carbonyl (C=O) groups excluding carboxylic acids is 2. The fraction of sp³-hybridized carbons (Fsp3) is 0.333. The molecule has 1 unspecified atom stereocenters. The zero-order chi connectivity index (χ0) is 24.9. The molecule has 6 nitrogen and oxygen atoms in total. The maximum Gasteiger partial charge on any atom is 0.412 e. The van der Waals surface area contributed by atoms with Crippen LogP contribution >= 0.6 is 11.6 Å². The van der Waals surface area contributed by atoms with Gasteiger partial charge in [0.2, 0.25) is 0 Å². The lowest BCUT2D eigenvalue weighted by Crippen LogP contribution is -2.35. The van der Waals surface area contributed by atoms with Gasteiger partial charge in [0.15, 0.2) is 0 Å². The van der Waals surface area contributed by atoms with E-state index in [4.69, 9.17) is 21.1 Å². The number of anilines is 2. The molecule has 3 rings (SSSR count). The second-order valence-corrected chi connectivity index (χ2v) is 9.62. The van der Waals surface area contributed by atoms with Gasteiger partial charge in [-0.1, -0.05) is 48.0 Å². The summed E-state index contributed by atoms with van der Waals surface area (Å²) in [7, 11) is 1.39. The molecule has 0 saturated heterocycles. The molecule has 0 aliphatic carbocycles. The first kappa shape index (κ1) is 25.4. The number of nitrogens with zero attached hydrogens (tertiary/aromatic N) is 1. The highest BCUT2D eigenvalue weighted by atomic mass is 35.5. The third kappa shape index (κ3) is 6.64. The Morgan fingerprint density at radius 2 is 1.65 bits per heavy atom. The summed E-state index contributed by atoms with van der Waals surface area (Å²) in [5.74, 6) is -0.277. The predicted octanol–water partition coefficient (Wildman–Crippen LogP) is 6.80. The fourth-order valence-corrected chi connectivity index (χ4v) is 3.88. The van der Waals surface area contributed by atoms with Crippen LogP contribution in [-0.4, -0.2) is 30.8 Å². The molecule has 1 amide bonds. The van der Waals surface area contributed by atoms with Crippen molar-refractivity contribution in [1.29, 1.82) is 0 Å². The third-order valence-corrected chi connectivity index (χ3v) is 5.59. The van der Waals surface area contributed by atoms with E-state index < -0.39 is 11.7 Å². The number of amides is 1. The summed E-state index contributed by atoms with van der Waals surface area (Å²) < 4.78 is 10.3. The predicted molar refractivity (Wildman–Crippen MR) is 138 cm³/mol. The zero-order valence-electron chi connectivity index (χ0n) is 20.2. The number of nitrogens with one attached hydrogen (secondary N) is 1. The number of ether oxygens (including phenoxy) is 2. The van der Waals surface area contributed by atoms with Crippen molar-refractivity contribution in [2.75, 3.05) is 17.3 Å². The highest BCUT2D eigenvalue weighted by Gasteiger charge is 2.22. The lowest BCUT2D eigenvalue weighted by atomic mass is 10.0. The molecule has 3 aromatic rings. The van der Waals surface area contributed by atoms with Crippen LogP contribution in [0.3, 0.4) is 0 Å². The minimum Gasteiger partial charge on any atom is -0.469 e. The first-order valence-corrected chi connectivity index (χ1v) is 11.5. The van der Waals surface area contributed by atoms with Gasteiger partial charge in [0.05, 0.1) is 19.2 Å². The van der Waals surface area contributed by atoms with E-state index in [-0.39, 0.29) is 18.4 Å². The monoisotopic (exact) mass is 482 g/mol. The first-order chi connectivity index (χ1) is 16.1. The van der Waals surface area contributed by atoms with Gasteiger partial charge in [-0.3, -0.25) is 10.1 Å². The molecule has 1 N–H and O–H groups in total. The smallest absolute Gasteiger partial charge is 0.412 e. The Morgan fingerprint density at radius 1 is 1.00 bits per heavy atom. The summed E-state index contributed by atoms with van der Waals surface area (Å²) in [6, 6.07) is 19.2. The molecule has 180 valence electrons. The standard InChI is InChI=1S/C27H31ClN2O4/c1-18(16-25(31)33-5)30(17-19-10-12-20(28)13-11-19)24-15-14-23(21-8-6-7-9-22(21)24)29-26(32)34-27(2,3)4/h6-15,18H,16-17H2,1-5H3,(H,29,32). The van der Waals surface area contributed by atoms with Crippen molar-refractivity contribution < 1.29 is 19.1 Å². The summed E-state index contributed by atoms with van der Waals surface area (Å²) in [5.41, 5.74) is 2.05. The van der Waals surface area contributed by atoms with Crippen LogP contribution in [0, 0.1) is 0 Å². The van der Waals surface area contributed by atoms with Crippen LogP contribution in [0.1, 0.15) is 39.7 Å². The Hall–Kier alpha value is -3.25. The van der Waals surface area contributed by atoms with Gasteiger partial charge < -0.3 is 14.4 Å². The van der Waals surface area contributed by atoms with E-state index >= 15 is 0 Å².